The van der Waals surface area contributed by atoms with Crippen LogP contribution in [0.3, 0.4) is 0 Å². The molecule has 8 heteroatoms. The zero-order chi connectivity index (χ0) is 25.9. The lowest BCUT2D eigenvalue weighted by Gasteiger charge is -2.58. The third kappa shape index (κ3) is 5.15. The Morgan fingerprint density at radius 2 is 1.78 bits per heavy atom. The van der Waals surface area contributed by atoms with Crippen molar-refractivity contribution in [3.05, 3.63) is 71.8 Å². The number of amides is 3. The fourth-order valence-electron chi connectivity index (χ4n) is 5.35. The summed E-state index contributed by atoms with van der Waals surface area (Å²) in [5, 5.41) is 2.79. The smallest absolute Gasteiger partial charge is 0.247 e. The van der Waals surface area contributed by atoms with Crippen molar-refractivity contribution in [3.8, 4) is 0 Å². The Balaban J connectivity index is 1.51. The van der Waals surface area contributed by atoms with Gasteiger partial charge >= 0.3 is 0 Å². The van der Waals surface area contributed by atoms with Gasteiger partial charge in [0.25, 0.3) is 0 Å². The first-order valence-electron chi connectivity index (χ1n) is 12.5. The van der Waals surface area contributed by atoms with Crippen LogP contribution in [0.5, 0.6) is 0 Å². The molecule has 2 heterocycles. The Morgan fingerprint density at radius 3 is 2.42 bits per heavy atom. The summed E-state index contributed by atoms with van der Waals surface area (Å²) in [6.45, 7) is 4.35. The lowest BCUT2D eigenvalue weighted by atomic mass is 9.63. The number of nitrogens with one attached hydrogen (secondary N) is 1. The van der Waals surface area contributed by atoms with Gasteiger partial charge in [-0.25, -0.2) is 0 Å². The van der Waals surface area contributed by atoms with Crippen molar-refractivity contribution in [3.63, 3.8) is 0 Å². The normalized spacial score (nSPS) is 22.8. The van der Waals surface area contributed by atoms with Gasteiger partial charge in [-0.1, -0.05) is 60.7 Å². The quantitative estimate of drug-likeness (QED) is 0.550. The number of piperidine rings is 1. The number of hydrogen-bond donors (Lipinski definition) is 2. The van der Waals surface area contributed by atoms with E-state index in [2.05, 4.69) is 5.32 Å². The highest BCUT2D eigenvalue weighted by Gasteiger charge is 2.61. The van der Waals surface area contributed by atoms with Gasteiger partial charge in [-0.05, 0) is 37.8 Å². The summed E-state index contributed by atoms with van der Waals surface area (Å²) in [6.07, 6.45) is 1.43. The monoisotopic (exact) mass is 492 g/mol. The molecule has 2 aliphatic heterocycles. The maximum atomic E-state index is 13.7. The second-order valence-corrected chi connectivity index (χ2v) is 10.5. The topological polar surface area (TPSA) is 105 Å². The van der Waals surface area contributed by atoms with Gasteiger partial charge in [0.15, 0.2) is 0 Å². The van der Waals surface area contributed by atoms with Crippen LogP contribution in [0.25, 0.3) is 0 Å². The number of benzene rings is 2. The highest BCUT2D eigenvalue weighted by molar-refractivity contribution is 5.94. The van der Waals surface area contributed by atoms with Crippen LogP contribution in [0.15, 0.2) is 60.7 Å². The molecule has 0 radical (unpaired) electrons. The molecule has 8 nitrogen and oxygen atoms in total. The molecular weight excluding hydrogens is 456 g/mol. The Labute approximate surface area is 212 Å². The van der Waals surface area contributed by atoms with Crippen molar-refractivity contribution in [1.29, 1.82) is 0 Å². The molecule has 3 amide bonds. The summed E-state index contributed by atoms with van der Waals surface area (Å²) in [6, 6.07) is 18.6. The lowest BCUT2D eigenvalue weighted by molar-refractivity contribution is -0.179. The van der Waals surface area contributed by atoms with E-state index in [-0.39, 0.29) is 24.5 Å². The minimum atomic E-state index is -1.15. The van der Waals surface area contributed by atoms with Crippen molar-refractivity contribution >= 4 is 17.7 Å². The first-order valence-corrected chi connectivity index (χ1v) is 12.5. The number of β-lactam (4-membered cyclic amide) rings is 1. The van der Waals surface area contributed by atoms with Gasteiger partial charge in [-0.3, -0.25) is 14.4 Å². The van der Waals surface area contributed by atoms with E-state index in [0.717, 1.165) is 17.5 Å². The molecule has 36 heavy (non-hydrogen) atoms. The van der Waals surface area contributed by atoms with Crippen LogP contribution in [-0.4, -0.2) is 65.8 Å². The highest BCUT2D eigenvalue weighted by Crippen LogP contribution is 2.53. The molecule has 2 aliphatic rings. The minimum absolute atomic E-state index is 0.00894. The van der Waals surface area contributed by atoms with Gasteiger partial charge in [0.05, 0.1) is 30.2 Å². The van der Waals surface area contributed by atoms with Gasteiger partial charge < -0.3 is 25.6 Å². The van der Waals surface area contributed by atoms with E-state index < -0.39 is 22.9 Å². The number of nitrogens with two attached hydrogens (primary N) is 1. The number of rotatable bonds is 8. The molecule has 1 spiro atoms. The predicted octanol–water partition coefficient (Wildman–Crippen LogP) is 2.25. The first kappa shape index (κ1) is 25.9. The van der Waals surface area contributed by atoms with E-state index in [1.165, 1.54) is 0 Å². The van der Waals surface area contributed by atoms with Gasteiger partial charge in [0, 0.05) is 20.1 Å². The molecule has 4 rings (SSSR count). The van der Waals surface area contributed by atoms with E-state index in [1.54, 1.807) is 23.6 Å². The molecule has 2 aromatic carbocycles. The Hall–Kier alpha value is -3.23. The average Bonchev–Trinajstić information content (AvgIpc) is 2.88. The third-order valence-electron chi connectivity index (χ3n) is 7.19. The van der Waals surface area contributed by atoms with Crippen molar-refractivity contribution < 1.29 is 19.1 Å². The highest BCUT2D eigenvalue weighted by atomic mass is 16.5. The van der Waals surface area contributed by atoms with Crippen LogP contribution in [0.4, 0.5) is 0 Å². The van der Waals surface area contributed by atoms with Gasteiger partial charge in [0.1, 0.15) is 6.04 Å². The fourth-order valence-corrected chi connectivity index (χ4v) is 5.35. The number of carbonyl (C=O) groups is 3. The Morgan fingerprint density at radius 1 is 1.14 bits per heavy atom. The van der Waals surface area contributed by atoms with E-state index in [9.17, 15) is 14.4 Å². The number of carbonyl (C=O) groups excluding carboxylic acids is 3. The number of ether oxygens (including phenoxy) is 1. The van der Waals surface area contributed by atoms with E-state index in [4.69, 9.17) is 10.5 Å². The zero-order valence-corrected chi connectivity index (χ0v) is 21.3. The van der Waals surface area contributed by atoms with Crippen molar-refractivity contribution in [2.24, 2.45) is 11.1 Å². The molecule has 192 valence electrons. The van der Waals surface area contributed by atoms with Crippen molar-refractivity contribution in [1.82, 2.24) is 15.1 Å². The summed E-state index contributed by atoms with van der Waals surface area (Å²) in [5.41, 5.74) is 6.22. The van der Waals surface area contributed by atoms with E-state index in [0.29, 0.717) is 26.1 Å². The molecule has 2 aromatic rings. The van der Waals surface area contributed by atoms with Crippen molar-refractivity contribution in [2.75, 3.05) is 26.7 Å². The lowest BCUT2D eigenvalue weighted by Crippen LogP contribution is -2.68. The minimum Gasteiger partial charge on any atom is -0.374 e. The maximum absolute atomic E-state index is 13.7. The molecule has 0 aromatic heterocycles. The van der Waals surface area contributed by atoms with Gasteiger partial charge in [-0.15, -0.1) is 0 Å². The van der Waals surface area contributed by atoms with Crippen molar-refractivity contribution in [2.45, 2.75) is 50.9 Å². The van der Waals surface area contributed by atoms with Crippen LogP contribution < -0.4 is 11.1 Å². The standard InChI is InChI=1S/C28H36N4O4/c1-27(2,29)25(34)30-22(18-36-17-20-11-6-4-7-12-20)24(33)32-16-10-15-28(19-32)23(31(3)26(28)35)21-13-8-5-9-14-21/h4-9,11-14,22-23H,10,15-19,29H2,1-3H3,(H,30,34). The Bertz CT molecular complexity index is 1090. The van der Waals surface area contributed by atoms with E-state index in [1.807, 2.05) is 67.7 Å². The van der Waals surface area contributed by atoms with E-state index >= 15 is 0 Å². The summed E-state index contributed by atoms with van der Waals surface area (Å²) < 4.78 is 5.85. The zero-order valence-electron chi connectivity index (χ0n) is 21.3. The maximum Gasteiger partial charge on any atom is 0.247 e. The SMILES string of the molecule is CN1C(=O)C2(CCCN(C(=O)C(COCc3ccccc3)NC(=O)C(C)(C)N)C2)C1c1ccccc1. The molecule has 0 aliphatic carbocycles. The molecule has 3 N–H and O–H groups in total. The summed E-state index contributed by atoms with van der Waals surface area (Å²) in [5.74, 6) is -0.635. The molecule has 2 saturated heterocycles. The first-order chi connectivity index (χ1) is 17.1. The summed E-state index contributed by atoms with van der Waals surface area (Å²) >= 11 is 0. The van der Waals surface area contributed by atoms with Gasteiger partial charge in [0.2, 0.25) is 17.7 Å². The summed E-state index contributed by atoms with van der Waals surface area (Å²) in [7, 11) is 1.82. The fraction of sp³-hybridized carbons (Fsp3) is 0.464. The molecule has 2 fully saturated rings. The third-order valence-corrected chi connectivity index (χ3v) is 7.19. The van der Waals surface area contributed by atoms with Crippen LogP contribution >= 0.6 is 0 Å². The number of likely N-dealkylation sites (tertiary alicyclic amines) is 2. The largest absolute Gasteiger partial charge is 0.374 e. The number of nitrogens with zero attached hydrogens (tertiary/aromatic N) is 2. The molecule has 3 unspecified atom stereocenters. The molecule has 0 bridgehead atoms. The second kappa shape index (κ2) is 10.4. The second-order valence-electron chi connectivity index (χ2n) is 10.5. The van der Waals surface area contributed by atoms with Crippen LogP contribution in [-0.2, 0) is 25.7 Å². The molecule has 3 atom stereocenters. The molecular formula is C28H36N4O4. The van der Waals surface area contributed by atoms with Crippen LogP contribution in [0.2, 0.25) is 0 Å². The Kier molecular flexibility index (Phi) is 7.47. The van der Waals surface area contributed by atoms with Gasteiger partial charge in [-0.2, -0.15) is 0 Å². The predicted molar refractivity (Wildman–Crippen MR) is 136 cm³/mol. The summed E-state index contributed by atoms with van der Waals surface area (Å²) in [4.78, 5) is 43.1. The van der Waals surface area contributed by atoms with Crippen LogP contribution in [0, 0.1) is 5.41 Å². The molecule has 0 saturated carbocycles. The average molecular weight is 493 g/mol. The number of hydrogen-bond acceptors (Lipinski definition) is 5. The van der Waals surface area contributed by atoms with Crippen LogP contribution in [0.1, 0.15) is 43.9 Å².